The molecule has 0 aromatic heterocycles. The number of rotatable bonds is 0. The van der Waals surface area contributed by atoms with E-state index >= 15 is 0 Å². The number of amides is 1. The molecule has 0 saturated carbocycles. The fourth-order valence-corrected chi connectivity index (χ4v) is 2.73. The Labute approximate surface area is 110 Å². The van der Waals surface area contributed by atoms with Gasteiger partial charge < -0.3 is 14.4 Å². The van der Waals surface area contributed by atoms with Gasteiger partial charge in [0, 0.05) is 19.7 Å². The smallest absolute Gasteiger partial charge is 0.410 e. The van der Waals surface area contributed by atoms with Crippen LogP contribution < -0.4 is 0 Å². The summed E-state index contributed by atoms with van der Waals surface area (Å²) in [5.41, 5.74) is -0.357. The quantitative estimate of drug-likeness (QED) is 0.668. The van der Waals surface area contributed by atoms with Crippen molar-refractivity contribution in [1.29, 1.82) is 0 Å². The SMILES string of the molecule is CC(C)(C)OC(=O)N1CCC2(CCCCO2)CC1. The highest BCUT2D eigenvalue weighted by molar-refractivity contribution is 5.68. The van der Waals surface area contributed by atoms with Gasteiger partial charge in [-0.3, -0.25) is 0 Å². The van der Waals surface area contributed by atoms with Crippen molar-refractivity contribution in [2.45, 2.75) is 64.1 Å². The molecule has 0 aliphatic carbocycles. The Hall–Kier alpha value is -0.770. The molecule has 2 fully saturated rings. The zero-order valence-electron chi connectivity index (χ0n) is 11.8. The number of likely N-dealkylation sites (tertiary alicyclic amines) is 1. The molecular formula is C14H25NO3. The van der Waals surface area contributed by atoms with E-state index in [0.717, 1.165) is 39.0 Å². The maximum atomic E-state index is 11.9. The van der Waals surface area contributed by atoms with Crippen LogP contribution in [0.4, 0.5) is 4.79 Å². The lowest BCUT2D eigenvalue weighted by molar-refractivity contribution is -0.110. The maximum Gasteiger partial charge on any atom is 0.410 e. The van der Waals surface area contributed by atoms with Crippen LogP contribution in [0, 0.1) is 0 Å². The van der Waals surface area contributed by atoms with E-state index in [2.05, 4.69) is 0 Å². The fraction of sp³-hybridized carbons (Fsp3) is 0.929. The van der Waals surface area contributed by atoms with Crippen molar-refractivity contribution in [3.8, 4) is 0 Å². The molecule has 1 spiro atoms. The van der Waals surface area contributed by atoms with Crippen molar-refractivity contribution in [1.82, 2.24) is 4.90 Å². The molecule has 0 aromatic carbocycles. The molecule has 2 saturated heterocycles. The largest absolute Gasteiger partial charge is 0.444 e. The van der Waals surface area contributed by atoms with Crippen LogP contribution in [0.1, 0.15) is 52.9 Å². The summed E-state index contributed by atoms with van der Waals surface area (Å²) in [6.07, 6.45) is 5.30. The van der Waals surface area contributed by atoms with Crippen LogP contribution in [0.3, 0.4) is 0 Å². The van der Waals surface area contributed by atoms with E-state index in [1.807, 2.05) is 25.7 Å². The maximum absolute atomic E-state index is 11.9. The number of hydrogen-bond donors (Lipinski definition) is 0. The summed E-state index contributed by atoms with van der Waals surface area (Å²) in [7, 11) is 0. The Morgan fingerprint density at radius 1 is 1.17 bits per heavy atom. The topological polar surface area (TPSA) is 38.8 Å². The van der Waals surface area contributed by atoms with E-state index in [-0.39, 0.29) is 11.7 Å². The van der Waals surface area contributed by atoms with Crippen LogP contribution in [0.2, 0.25) is 0 Å². The molecule has 0 atom stereocenters. The van der Waals surface area contributed by atoms with Gasteiger partial charge in [-0.1, -0.05) is 0 Å². The van der Waals surface area contributed by atoms with E-state index in [1.165, 1.54) is 12.8 Å². The van der Waals surface area contributed by atoms with Crippen LogP contribution in [-0.2, 0) is 9.47 Å². The molecule has 0 N–H and O–H groups in total. The number of carbonyl (C=O) groups excluding carboxylic acids is 1. The molecule has 18 heavy (non-hydrogen) atoms. The first-order valence-corrected chi connectivity index (χ1v) is 7.02. The summed E-state index contributed by atoms with van der Waals surface area (Å²) >= 11 is 0. The van der Waals surface area contributed by atoms with Crippen LogP contribution >= 0.6 is 0 Å². The zero-order valence-corrected chi connectivity index (χ0v) is 11.8. The summed E-state index contributed by atoms with van der Waals surface area (Å²) in [4.78, 5) is 13.8. The van der Waals surface area contributed by atoms with Gasteiger partial charge in [0.05, 0.1) is 5.60 Å². The summed E-state index contributed by atoms with van der Waals surface area (Å²) in [6.45, 7) is 8.11. The third kappa shape index (κ3) is 3.37. The number of carbonyl (C=O) groups is 1. The molecule has 4 heteroatoms. The molecular weight excluding hydrogens is 230 g/mol. The number of nitrogens with zero attached hydrogens (tertiary/aromatic N) is 1. The van der Waals surface area contributed by atoms with Crippen LogP contribution in [-0.4, -0.2) is 41.9 Å². The Morgan fingerprint density at radius 3 is 2.33 bits per heavy atom. The fourth-order valence-electron chi connectivity index (χ4n) is 2.73. The normalized spacial score (nSPS) is 24.1. The van der Waals surface area contributed by atoms with Gasteiger partial charge in [0.15, 0.2) is 0 Å². The van der Waals surface area contributed by atoms with E-state index in [4.69, 9.17) is 9.47 Å². The van der Waals surface area contributed by atoms with Crippen molar-refractivity contribution in [3.63, 3.8) is 0 Å². The van der Waals surface area contributed by atoms with E-state index in [0.29, 0.717) is 0 Å². The predicted molar refractivity (Wildman–Crippen MR) is 69.6 cm³/mol. The standard InChI is InChI=1S/C14H25NO3/c1-13(2,3)18-12(16)15-9-7-14(8-10-15)6-4-5-11-17-14/h4-11H2,1-3H3. The minimum atomic E-state index is -0.409. The van der Waals surface area contributed by atoms with Crippen molar-refractivity contribution in [3.05, 3.63) is 0 Å². The predicted octanol–water partition coefficient (Wildman–Crippen LogP) is 2.96. The Morgan fingerprint density at radius 2 is 1.83 bits per heavy atom. The number of piperidine rings is 1. The molecule has 0 bridgehead atoms. The summed E-state index contributed by atoms with van der Waals surface area (Å²) in [5, 5.41) is 0. The molecule has 104 valence electrons. The molecule has 4 nitrogen and oxygen atoms in total. The van der Waals surface area contributed by atoms with Gasteiger partial charge in [-0.25, -0.2) is 4.79 Å². The molecule has 0 unspecified atom stereocenters. The number of ether oxygens (including phenoxy) is 2. The van der Waals surface area contributed by atoms with Gasteiger partial charge in [-0.05, 0) is 52.9 Å². The third-order valence-corrected chi connectivity index (χ3v) is 3.76. The minimum absolute atomic E-state index is 0.0523. The molecule has 2 heterocycles. The first kappa shape index (κ1) is 13.7. The molecule has 0 aromatic rings. The Bertz CT molecular complexity index is 293. The van der Waals surface area contributed by atoms with E-state index in [1.54, 1.807) is 0 Å². The summed E-state index contributed by atoms with van der Waals surface area (Å²) in [6, 6.07) is 0. The highest BCUT2D eigenvalue weighted by Gasteiger charge is 2.38. The average molecular weight is 255 g/mol. The van der Waals surface area contributed by atoms with Crippen molar-refractivity contribution in [2.75, 3.05) is 19.7 Å². The molecule has 1 amide bonds. The molecule has 0 radical (unpaired) electrons. The zero-order chi connectivity index (χ0) is 13.2. The van der Waals surface area contributed by atoms with Gasteiger partial charge in [-0.15, -0.1) is 0 Å². The van der Waals surface area contributed by atoms with Gasteiger partial charge in [0.25, 0.3) is 0 Å². The average Bonchev–Trinajstić information content (AvgIpc) is 2.28. The second-order valence-electron chi connectivity index (χ2n) is 6.46. The Kier molecular flexibility index (Phi) is 3.85. The molecule has 2 aliphatic rings. The first-order valence-electron chi connectivity index (χ1n) is 7.02. The van der Waals surface area contributed by atoms with Gasteiger partial charge in [0.2, 0.25) is 0 Å². The first-order chi connectivity index (χ1) is 8.40. The lowest BCUT2D eigenvalue weighted by Crippen LogP contribution is -2.50. The highest BCUT2D eigenvalue weighted by Crippen LogP contribution is 2.35. The van der Waals surface area contributed by atoms with Gasteiger partial charge in [0.1, 0.15) is 5.60 Å². The van der Waals surface area contributed by atoms with Crippen molar-refractivity contribution < 1.29 is 14.3 Å². The van der Waals surface area contributed by atoms with Crippen molar-refractivity contribution >= 4 is 6.09 Å². The minimum Gasteiger partial charge on any atom is -0.444 e. The van der Waals surface area contributed by atoms with Crippen LogP contribution in [0.15, 0.2) is 0 Å². The monoisotopic (exact) mass is 255 g/mol. The summed E-state index contributed by atoms with van der Waals surface area (Å²) in [5.74, 6) is 0. The Balaban J connectivity index is 1.84. The second-order valence-corrected chi connectivity index (χ2v) is 6.46. The third-order valence-electron chi connectivity index (χ3n) is 3.76. The molecule has 2 aliphatic heterocycles. The van der Waals surface area contributed by atoms with Crippen LogP contribution in [0.5, 0.6) is 0 Å². The van der Waals surface area contributed by atoms with Gasteiger partial charge in [-0.2, -0.15) is 0 Å². The van der Waals surface area contributed by atoms with E-state index < -0.39 is 5.60 Å². The number of hydrogen-bond acceptors (Lipinski definition) is 3. The van der Waals surface area contributed by atoms with Gasteiger partial charge >= 0.3 is 6.09 Å². The summed E-state index contributed by atoms with van der Waals surface area (Å²) < 4.78 is 11.4. The van der Waals surface area contributed by atoms with Crippen molar-refractivity contribution in [2.24, 2.45) is 0 Å². The molecule has 2 rings (SSSR count). The second kappa shape index (κ2) is 5.08. The highest BCUT2D eigenvalue weighted by atomic mass is 16.6. The lowest BCUT2D eigenvalue weighted by atomic mass is 9.84. The van der Waals surface area contributed by atoms with Crippen LogP contribution in [0.25, 0.3) is 0 Å². The lowest BCUT2D eigenvalue weighted by Gasteiger charge is -2.43. The van der Waals surface area contributed by atoms with E-state index in [9.17, 15) is 4.79 Å².